The fourth-order valence-corrected chi connectivity index (χ4v) is 15.5. The molecule has 0 saturated carbocycles. The lowest BCUT2D eigenvalue weighted by Gasteiger charge is -2.19. The van der Waals surface area contributed by atoms with Gasteiger partial charge in [-0.25, -0.2) is 0 Å². The Morgan fingerprint density at radius 1 is 0.375 bits per heavy atom. The molecule has 0 atom stereocenters. The zero-order valence-electron chi connectivity index (χ0n) is 45.4. The van der Waals surface area contributed by atoms with Crippen molar-refractivity contribution in [2.75, 3.05) is 0 Å². The van der Waals surface area contributed by atoms with Crippen LogP contribution in [0.2, 0.25) is 39.3 Å². The van der Waals surface area contributed by atoms with Crippen molar-refractivity contribution in [2.24, 2.45) is 0 Å². The van der Waals surface area contributed by atoms with Gasteiger partial charge < -0.3 is 0 Å². The summed E-state index contributed by atoms with van der Waals surface area (Å²) < 4.78 is 0. The molecule has 0 spiro atoms. The van der Waals surface area contributed by atoms with Crippen LogP contribution in [0.5, 0.6) is 0 Å². The predicted octanol–water partition coefficient (Wildman–Crippen LogP) is 20.3. The number of hydrogen-bond donors (Lipinski definition) is 0. The molecule has 0 radical (unpaired) electrons. The third-order valence-corrected chi connectivity index (χ3v) is 20.3. The van der Waals surface area contributed by atoms with E-state index in [1.807, 2.05) is 69.6 Å². The molecule has 1 aliphatic rings. The number of carbonyl (C=O) groups is 2. The second-order valence-corrected chi connectivity index (χ2v) is 36.0. The molecule has 0 bridgehead atoms. The summed E-state index contributed by atoms with van der Waals surface area (Å²) in [4.78, 5) is 39.2. The molecule has 0 aliphatic heterocycles. The van der Waals surface area contributed by atoms with Crippen LogP contribution in [0.4, 0.5) is 0 Å². The lowest BCUT2D eigenvalue weighted by Crippen LogP contribution is -2.20. The third kappa shape index (κ3) is 14.7. The first-order valence-electron chi connectivity index (χ1n) is 27.6. The van der Waals surface area contributed by atoms with Crippen LogP contribution < -0.4 is 0 Å². The van der Waals surface area contributed by atoms with E-state index in [4.69, 9.17) is 0 Å². The Morgan fingerprint density at radius 2 is 0.708 bits per heavy atom. The topological polar surface area (TPSA) is 34.1 Å². The molecule has 0 fully saturated rings. The molecule has 4 aromatic heterocycles. The second kappa shape index (κ2) is 26.1. The molecule has 380 valence electrons. The van der Waals surface area contributed by atoms with Gasteiger partial charge in [0, 0.05) is 51.5 Å². The predicted molar refractivity (Wildman–Crippen MR) is 325 cm³/mol. The van der Waals surface area contributed by atoms with Crippen molar-refractivity contribution in [2.45, 2.75) is 195 Å². The Kier molecular flexibility index (Phi) is 20.2. The van der Waals surface area contributed by atoms with E-state index in [2.05, 4.69) is 126 Å². The van der Waals surface area contributed by atoms with Crippen molar-refractivity contribution in [3.8, 4) is 63.3 Å². The van der Waals surface area contributed by atoms with Crippen molar-refractivity contribution in [3.05, 3.63) is 115 Å². The summed E-state index contributed by atoms with van der Waals surface area (Å²) in [6.45, 7) is 23.1. The van der Waals surface area contributed by atoms with Crippen LogP contribution in [0.15, 0.2) is 60.7 Å². The van der Waals surface area contributed by atoms with Gasteiger partial charge in [-0.05, 0) is 133 Å². The third-order valence-electron chi connectivity index (χ3n) is 13.6. The summed E-state index contributed by atoms with van der Waals surface area (Å²) >= 11 is 7.42. The van der Waals surface area contributed by atoms with Gasteiger partial charge in [0.1, 0.15) is 16.1 Å². The number of thiophene rings is 4. The average Bonchev–Trinajstić information content (AvgIpc) is 4.17. The molecular weight excluding hydrogens is 985 g/mol. The molecule has 0 N–H and O–H groups in total. The SMILES string of the molecule is CCCCCCc1cc(-c2sc(-c3ccc4c(c3)C(=O)c3cc(-c5cc(CCCCCC)c(-c6cc(CCCCCC)c(C#C[Si](C)(C)C)s6)s5)ccc3C4=O)cc2CCCCCC)sc1C#C[Si](C)(C)C. The van der Waals surface area contributed by atoms with Gasteiger partial charge in [0.05, 0.1) is 9.75 Å². The standard InChI is InChI=1S/C64H80O2S4Si2/c1-11-15-19-23-27-45-41-59(67-55(45)35-37-71(5,6)7)63-49(29-25-21-17-13-3)43-57(69-63)47-31-33-51-53(39-47)62(66)54-40-48(32-34-52(54)61(51)65)58-44-50(30-26-22-18-14-4)64(70-58)60-42-46(28-24-20-16-12-2)56(68-60)36-38-72(8,9)10/h31-34,39-44H,11-30H2,1-10H3. The molecular formula is C64H80O2S4Si2. The Bertz CT molecular complexity index is 2760. The van der Waals surface area contributed by atoms with Crippen LogP contribution in [-0.2, 0) is 25.7 Å². The van der Waals surface area contributed by atoms with Gasteiger partial charge in [0.25, 0.3) is 0 Å². The molecule has 2 nitrogen and oxygen atoms in total. The van der Waals surface area contributed by atoms with Crippen LogP contribution in [0.1, 0.15) is 194 Å². The van der Waals surface area contributed by atoms with Crippen LogP contribution >= 0.6 is 45.3 Å². The fourth-order valence-electron chi connectivity index (χ4n) is 9.51. The monoisotopic (exact) mass is 1060 g/mol. The first-order valence-corrected chi connectivity index (χ1v) is 37.8. The summed E-state index contributed by atoms with van der Waals surface area (Å²) in [6, 6.07) is 21.6. The Hall–Kier alpha value is -3.87. The van der Waals surface area contributed by atoms with Crippen molar-refractivity contribution in [1.82, 2.24) is 0 Å². The minimum atomic E-state index is -1.56. The van der Waals surface area contributed by atoms with E-state index in [0.29, 0.717) is 22.3 Å². The van der Waals surface area contributed by atoms with Crippen LogP contribution in [0, 0.1) is 22.9 Å². The Balaban J connectivity index is 1.24. The van der Waals surface area contributed by atoms with Gasteiger partial charge in [0.2, 0.25) is 0 Å². The first-order chi connectivity index (χ1) is 34.6. The molecule has 0 saturated heterocycles. The molecule has 0 amide bonds. The molecule has 1 aliphatic carbocycles. The summed E-state index contributed by atoms with van der Waals surface area (Å²) in [5.74, 6) is 7.21. The number of carbonyl (C=O) groups excluding carboxylic acids is 2. The van der Waals surface area contributed by atoms with E-state index in [1.54, 1.807) is 0 Å². The van der Waals surface area contributed by atoms with Gasteiger partial charge in [-0.3, -0.25) is 9.59 Å². The van der Waals surface area contributed by atoms with Gasteiger partial charge in [-0.1, -0.05) is 168 Å². The Morgan fingerprint density at radius 3 is 1.06 bits per heavy atom. The average molecular weight is 1070 g/mol. The van der Waals surface area contributed by atoms with Crippen molar-refractivity contribution < 1.29 is 9.59 Å². The first kappa shape index (κ1) is 55.9. The number of unbranched alkanes of at least 4 members (excludes halogenated alkanes) is 12. The highest BCUT2D eigenvalue weighted by atomic mass is 32.1. The smallest absolute Gasteiger partial charge is 0.194 e. The largest absolute Gasteiger partial charge is 0.289 e. The number of ketones is 2. The molecule has 4 heterocycles. The number of hydrogen-bond acceptors (Lipinski definition) is 6. The number of rotatable bonds is 24. The van der Waals surface area contributed by atoms with E-state index in [9.17, 15) is 9.59 Å². The summed E-state index contributed by atoms with van der Waals surface area (Å²) in [6.07, 6.45) is 23.7. The van der Waals surface area contributed by atoms with Gasteiger partial charge in [0.15, 0.2) is 11.6 Å². The highest BCUT2D eigenvalue weighted by Gasteiger charge is 2.31. The van der Waals surface area contributed by atoms with E-state index < -0.39 is 16.1 Å². The van der Waals surface area contributed by atoms with Gasteiger partial charge in [-0.15, -0.1) is 56.4 Å². The van der Waals surface area contributed by atoms with Crippen molar-refractivity contribution in [3.63, 3.8) is 0 Å². The van der Waals surface area contributed by atoms with Gasteiger partial charge in [-0.2, -0.15) is 0 Å². The minimum Gasteiger partial charge on any atom is -0.289 e. The zero-order chi connectivity index (χ0) is 51.4. The lowest BCUT2D eigenvalue weighted by atomic mass is 9.82. The molecule has 8 heteroatoms. The number of aryl methyl sites for hydroxylation is 4. The highest BCUT2D eigenvalue weighted by Crippen LogP contribution is 2.46. The van der Waals surface area contributed by atoms with E-state index in [0.717, 1.165) is 59.4 Å². The maximum absolute atomic E-state index is 14.9. The zero-order valence-corrected chi connectivity index (χ0v) is 50.6. The van der Waals surface area contributed by atoms with E-state index in [-0.39, 0.29) is 11.6 Å². The fraction of sp³-hybridized carbons (Fsp3) is 0.469. The maximum atomic E-state index is 14.9. The summed E-state index contributed by atoms with van der Waals surface area (Å²) in [5, 5.41) is 0. The van der Waals surface area contributed by atoms with Crippen molar-refractivity contribution >= 4 is 73.1 Å². The number of fused-ring (bicyclic) bond motifs is 2. The maximum Gasteiger partial charge on any atom is 0.194 e. The second-order valence-electron chi connectivity index (χ2n) is 22.3. The Labute approximate surface area is 452 Å². The van der Waals surface area contributed by atoms with Gasteiger partial charge >= 0.3 is 0 Å². The molecule has 6 aromatic rings. The molecule has 72 heavy (non-hydrogen) atoms. The summed E-state index contributed by atoms with van der Waals surface area (Å²) in [5.41, 5.74) is 16.9. The minimum absolute atomic E-state index is 0.0652. The lowest BCUT2D eigenvalue weighted by molar-refractivity contribution is 0.0979. The quantitative estimate of drug-likeness (QED) is 0.0343. The van der Waals surface area contributed by atoms with Crippen molar-refractivity contribution in [1.29, 1.82) is 0 Å². The summed E-state index contributed by atoms with van der Waals surface area (Å²) in [7, 11) is -3.12. The van der Waals surface area contributed by atoms with Crippen LogP contribution in [0.25, 0.3) is 40.4 Å². The van der Waals surface area contributed by atoms with Crippen LogP contribution in [0.3, 0.4) is 0 Å². The molecule has 7 rings (SSSR count). The number of benzene rings is 2. The molecule has 0 unspecified atom stereocenters. The van der Waals surface area contributed by atoms with Crippen LogP contribution in [-0.4, -0.2) is 27.7 Å². The molecule has 2 aromatic carbocycles. The highest BCUT2D eigenvalue weighted by molar-refractivity contribution is 7.25. The van der Waals surface area contributed by atoms with E-state index in [1.165, 1.54) is 141 Å². The van der Waals surface area contributed by atoms with E-state index >= 15 is 0 Å². The normalized spacial score (nSPS) is 12.4.